The van der Waals surface area contributed by atoms with Crippen molar-refractivity contribution in [3.05, 3.63) is 102 Å². The van der Waals surface area contributed by atoms with Crippen molar-refractivity contribution in [3.63, 3.8) is 0 Å². The van der Waals surface area contributed by atoms with Crippen molar-refractivity contribution < 1.29 is 28.1 Å². The summed E-state index contributed by atoms with van der Waals surface area (Å²) < 4.78 is 38.7. The van der Waals surface area contributed by atoms with E-state index in [0.29, 0.717) is 40.8 Å². The van der Waals surface area contributed by atoms with Gasteiger partial charge < -0.3 is 24.3 Å². The maximum atomic E-state index is 15.1. The Kier molecular flexibility index (Phi) is 8.75. The molecule has 0 atom stereocenters. The Balaban J connectivity index is 1.57. The second-order valence-electron chi connectivity index (χ2n) is 8.28. The second kappa shape index (κ2) is 12.6. The molecule has 1 N–H and O–H groups in total. The summed E-state index contributed by atoms with van der Waals surface area (Å²) in [5.41, 5.74) is 1.83. The van der Waals surface area contributed by atoms with Gasteiger partial charge in [0.15, 0.2) is 23.0 Å². The summed E-state index contributed by atoms with van der Waals surface area (Å²) in [5, 5.41) is 6.87. The van der Waals surface area contributed by atoms with E-state index in [4.69, 9.17) is 18.9 Å². The van der Waals surface area contributed by atoms with Crippen LogP contribution in [0.4, 0.5) is 10.1 Å². The van der Waals surface area contributed by atoms with E-state index in [0.717, 1.165) is 0 Å². The number of nitrogens with zero attached hydrogens (tertiary/aromatic N) is 4. The summed E-state index contributed by atoms with van der Waals surface area (Å²) >= 11 is 0. The molecule has 4 rings (SSSR count). The number of methoxy groups -OCH3 is 2. The molecule has 0 saturated carbocycles. The van der Waals surface area contributed by atoms with E-state index in [2.05, 4.69) is 27.0 Å². The van der Waals surface area contributed by atoms with Crippen LogP contribution in [-0.2, 0) is 9.47 Å². The minimum atomic E-state index is -0.705. The van der Waals surface area contributed by atoms with E-state index in [9.17, 15) is 4.79 Å². The maximum absolute atomic E-state index is 15.1. The van der Waals surface area contributed by atoms with Crippen LogP contribution in [0, 0.1) is 12.7 Å². The van der Waals surface area contributed by atoms with E-state index in [1.54, 1.807) is 62.9 Å². The number of pyridine rings is 2. The fourth-order valence-corrected chi connectivity index (χ4v) is 3.67. The molecule has 206 valence electrons. The molecule has 0 saturated heterocycles. The van der Waals surface area contributed by atoms with Crippen molar-refractivity contribution in [1.29, 1.82) is 0 Å². The predicted octanol–water partition coefficient (Wildman–Crippen LogP) is 5.70. The summed E-state index contributed by atoms with van der Waals surface area (Å²) in [6, 6.07) is 9.27. The maximum Gasteiger partial charge on any atom is 0.280 e. The zero-order chi connectivity index (χ0) is 28.6. The highest BCUT2D eigenvalue weighted by molar-refractivity contribution is 6.04. The summed E-state index contributed by atoms with van der Waals surface area (Å²) in [5.74, 6) is 0.223. The number of aryl methyl sites for hydroxylation is 1. The molecule has 3 heterocycles. The highest BCUT2D eigenvalue weighted by atomic mass is 19.1. The van der Waals surface area contributed by atoms with Crippen LogP contribution in [0.1, 0.15) is 28.7 Å². The smallest absolute Gasteiger partial charge is 0.280 e. The van der Waals surface area contributed by atoms with Gasteiger partial charge in [0, 0.05) is 29.7 Å². The number of amides is 1. The summed E-state index contributed by atoms with van der Waals surface area (Å²) in [6.07, 6.45) is 8.05. The molecule has 0 aliphatic rings. The first-order valence-electron chi connectivity index (χ1n) is 12.2. The third-order valence-corrected chi connectivity index (χ3v) is 5.69. The van der Waals surface area contributed by atoms with Gasteiger partial charge in [0.2, 0.25) is 0 Å². The largest absolute Gasteiger partial charge is 0.493 e. The van der Waals surface area contributed by atoms with Gasteiger partial charge in [-0.2, -0.15) is 5.10 Å². The van der Waals surface area contributed by atoms with E-state index < -0.39 is 11.7 Å². The summed E-state index contributed by atoms with van der Waals surface area (Å²) in [4.78, 5) is 21.4. The molecule has 1 amide bonds. The van der Waals surface area contributed by atoms with E-state index in [1.165, 1.54) is 37.1 Å². The van der Waals surface area contributed by atoms with Crippen molar-refractivity contribution in [2.75, 3.05) is 26.1 Å². The Bertz CT molecular complexity index is 1550. The number of carbonyl (C=O) groups excluding carboxylic acids is 1. The highest BCUT2D eigenvalue weighted by Crippen LogP contribution is 2.32. The molecule has 0 aliphatic heterocycles. The third kappa shape index (κ3) is 6.26. The predicted molar refractivity (Wildman–Crippen MR) is 147 cm³/mol. The van der Waals surface area contributed by atoms with Crippen LogP contribution in [0.2, 0.25) is 0 Å². The lowest BCUT2D eigenvalue weighted by atomic mass is 10.1. The van der Waals surface area contributed by atoms with Gasteiger partial charge in [-0.3, -0.25) is 14.8 Å². The molecule has 0 radical (unpaired) electrons. The lowest BCUT2D eigenvalue weighted by Gasteiger charge is -2.14. The normalized spacial score (nSPS) is 11.1. The van der Waals surface area contributed by atoms with Crippen molar-refractivity contribution in [2.45, 2.75) is 13.8 Å². The van der Waals surface area contributed by atoms with Crippen LogP contribution in [0.25, 0.3) is 11.8 Å². The van der Waals surface area contributed by atoms with Gasteiger partial charge in [-0.05, 0) is 50.3 Å². The van der Waals surface area contributed by atoms with Crippen LogP contribution in [0.15, 0.2) is 79.3 Å². The number of ether oxygens (including phenoxy) is 4. The minimum absolute atomic E-state index is 0.000661. The Labute approximate surface area is 230 Å². The first-order valence-corrected chi connectivity index (χ1v) is 12.2. The van der Waals surface area contributed by atoms with E-state index in [1.807, 2.05) is 0 Å². The van der Waals surface area contributed by atoms with Gasteiger partial charge in [0.1, 0.15) is 17.3 Å². The van der Waals surface area contributed by atoms with Crippen LogP contribution < -0.4 is 14.8 Å². The van der Waals surface area contributed by atoms with Crippen molar-refractivity contribution in [1.82, 2.24) is 19.7 Å². The average Bonchev–Trinajstić information content (AvgIpc) is 3.39. The third-order valence-electron chi connectivity index (χ3n) is 5.69. The first kappa shape index (κ1) is 27.8. The van der Waals surface area contributed by atoms with Crippen molar-refractivity contribution in [3.8, 4) is 22.9 Å². The van der Waals surface area contributed by atoms with E-state index >= 15 is 4.39 Å². The number of anilines is 1. The number of hydrogen-bond donors (Lipinski definition) is 1. The summed E-state index contributed by atoms with van der Waals surface area (Å²) in [7, 11) is 2.97. The molecule has 3 aromatic heterocycles. The lowest BCUT2D eigenvalue weighted by Crippen LogP contribution is -2.15. The number of aromatic nitrogens is 4. The topological polar surface area (TPSA) is 110 Å². The Morgan fingerprint density at radius 2 is 1.98 bits per heavy atom. The van der Waals surface area contributed by atoms with Crippen LogP contribution in [0.3, 0.4) is 0 Å². The lowest BCUT2D eigenvalue weighted by molar-refractivity contribution is 0.101. The molecule has 1 aromatic carbocycles. The van der Waals surface area contributed by atoms with Crippen LogP contribution in [-0.4, -0.2) is 46.5 Å². The Morgan fingerprint density at radius 1 is 1.15 bits per heavy atom. The number of halogens is 1. The molecule has 0 unspecified atom stereocenters. The minimum Gasteiger partial charge on any atom is -0.493 e. The molecular weight excluding hydrogens is 517 g/mol. The molecule has 0 aliphatic carbocycles. The van der Waals surface area contributed by atoms with Gasteiger partial charge in [0.25, 0.3) is 5.91 Å². The fourth-order valence-electron chi connectivity index (χ4n) is 3.67. The zero-order valence-corrected chi connectivity index (χ0v) is 22.5. The molecular formula is C29H28FN5O5. The van der Waals surface area contributed by atoms with Gasteiger partial charge in [0.05, 0.1) is 44.6 Å². The van der Waals surface area contributed by atoms with Crippen molar-refractivity contribution in [2.24, 2.45) is 0 Å². The molecule has 0 spiro atoms. The van der Waals surface area contributed by atoms with Crippen LogP contribution in [0.5, 0.6) is 17.2 Å². The Morgan fingerprint density at radius 3 is 2.65 bits per heavy atom. The number of benzene rings is 1. The highest BCUT2D eigenvalue weighted by Gasteiger charge is 2.21. The molecule has 0 fully saturated rings. The van der Waals surface area contributed by atoms with Gasteiger partial charge in [-0.15, -0.1) is 0 Å². The van der Waals surface area contributed by atoms with Gasteiger partial charge >= 0.3 is 0 Å². The molecule has 10 nitrogen and oxygen atoms in total. The standard InChI is InChI=1S/C29H28FN5O5/c1-6-39-27-17-35(20-8-7-12-31-16-20)34-28(27)29(36)33-24-10-9-21(14-23(24)30)40-25-11-13-32-18(2)22(25)15-26(38-5)19(3)37-4/h7-17H,3,6H2,1-2,4-5H3,(H,33,36)/b26-15+. The number of rotatable bonds is 11. The SMILES string of the molecule is C=C(OC)/C(=C\c1c(Oc2ccc(NC(=O)c3nn(-c4cccnc4)cc3OCC)c(F)c2)ccnc1C)OC. The molecule has 4 aromatic rings. The van der Waals surface area contributed by atoms with E-state index in [-0.39, 0.29) is 22.9 Å². The van der Waals surface area contributed by atoms with Crippen molar-refractivity contribution >= 4 is 17.7 Å². The van der Waals surface area contributed by atoms with Gasteiger partial charge in [-0.25, -0.2) is 9.07 Å². The second-order valence-corrected chi connectivity index (χ2v) is 8.28. The monoisotopic (exact) mass is 545 g/mol. The summed E-state index contributed by atoms with van der Waals surface area (Å²) in [6.45, 7) is 7.71. The first-order chi connectivity index (χ1) is 19.3. The van der Waals surface area contributed by atoms with Crippen LogP contribution >= 0.6 is 0 Å². The van der Waals surface area contributed by atoms with Gasteiger partial charge in [-0.1, -0.05) is 6.58 Å². The zero-order valence-electron chi connectivity index (χ0n) is 22.5. The molecule has 40 heavy (non-hydrogen) atoms. The molecule has 11 heteroatoms. The average molecular weight is 546 g/mol. The Hall–Kier alpha value is -5.19. The molecule has 0 bridgehead atoms. The quantitative estimate of drug-likeness (QED) is 0.189. The number of nitrogens with one attached hydrogen (secondary N) is 1. The number of carbonyl (C=O) groups is 1. The fraction of sp³-hybridized carbons (Fsp3) is 0.172. The number of hydrogen-bond acceptors (Lipinski definition) is 8.